The van der Waals surface area contributed by atoms with Crippen molar-refractivity contribution in [3.63, 3.8) is 0 Å². The number of hydrogen-bond acceptors (Lipinski definition) is 4. The van der Waals surface area contributed by atoms with Gasteiger partial charge in [0.05, 0.1) is 6.54 Å². The molecule has 2 N–H and O–H groups in total. The zero-order valence-corrected chi connectivity index (χ0v) is 16.2. The molecule has 6 nitrogen and oxygen atoms in total. The molecular formula is C22H23FN2O4. The standard InChI is InChI=1S/C22H23FN2O4/c1-22(16-6-5-14-3-2-4-15(14)11-16)20(27)25(21(28)24-22)12-18(26)13-29-19-9-7-17(23)8-10-19/h5-11,18,26H,2-4,12-13H2,1H3,(H,24,28). The number of aliphatic hydroxyl groups excluding tert-OH is 1. The Balaban J connectivity index is 1.43. The lowest BCUT2D eigenvalue weighted by Gasteiger charge is -2.24. The van der Waals surface area contributed by atoms with Crippen LogP contribution in [0.4, 0.5) is 9.18 Å². The SMILES string of the molecule is CC1(c2ccc3c(c2)CCC3)NC(=O)N(CC(O)COc2ccc(F)cc2)C1=O. The van der Waals surface area contributed by atoms with Gasteiger partial charge in [0.2, 0.25) is 0 Å². The fraction of sp³-hybridized carbons (Fsp3) is 0.364. The van der Waals surface area contributed by atoms with E-state index in [2.05, 4.69) is 5.32 Å². The zero-order valence-electron chi connectivity index (χ0n) is 16.2. The van der Waals surface area contributed by atoms with Gasteiger partial charge in [-0.25, -0.2) is 9.18 Å². The van der Waals surface area contributed by atoms with Crippen LogP contribution < -0.4 is 10.1 Å². The van der Waals surface area contributed by atoms with E-state index in [-0.39, 0.29) is 19.0 Å². The minimum Gasteiger partial charge on any atom is -0.491 e. The summed E-state index contributed by atoms with van der Waals surface area (Å²) in [6.45, 7) is 1.37. The largest absolute Gasteiger partial charge is 0.491 e. The predicted octanol–water partition coefficient (Wildman–Crippen LogP) is 2.52. The van der Waals surface area contributed by atoms with E-state index in [1.807, 2.05) is 18.2 Å². The van der Waals surface area contributed by atoms with E-state index in [4.69, 9.17) is 4.74 Å². The van der Waals surface area contributed by atoms with E-state index in [1.165, 1.54) is 35.4 Å². The van der Waals surface area contributed by atoms with Gasteiger partial charge in [-0.05, 0) is 67.1 Å². The van der Waals surface area contributed by atoms with Gasteiger partial charge in [-0.2, -0.15) is 0 Å². The average Bonchev–Trinajstić information content (AvgIpc) is 3.26. The number of benzene rings is 2. The predicted molar refractivity (Wildman–Crippen MR) is 104 cm³/mol. The number of fused-ring (bicyclic) bond motifs is 1. The summed E-state index contributed by atoms with van der Waals surface area (Å²) in [5.41, 5.74) is 2.10. The van der Waals surface area contributed by atoms with Gasteiger partial charge < -0.3 is 15.2 Å². The smallest absolute Gasteiger partial charge is 0.325 e. The van der Waals surface area contributed by atoms with E-state index in [1.54, 1.807) is 6.92 Å². The van der Waals surface area contributed by atoms with Crippen LogP contribution in [0.1, 0.15) is 30.0 Å². The molecule has 152 valence electrons. The molecule has 2 aromatic carbocycles. The molecule has 3 amide bonds. The Hall–Kier alpha value is -2.93. The number of aliphatic hydroxyl groups is 1. The fourth-order valence-electron chi connectivity index (χ4n) is 3.93. The maximum atomic E-state index is 13.0. The molecule has 0 saturated carbocycles. The summed E-state index contributed by atoms with van der Waals surface area (Å²) < 4.78 is 18.3. The summed E-state index contributed by atoms with van der Waals surface area (Å²) in [6.07, 6.45) is 2.04. The average molecular weight is 398 g/mol. The van der Waals surface area contributed by atoms with E-state index < -0.39 is 23.6 Å². The monoisotopic (exact) mass is 398 g/mol. The van der Waals surface area contributed by atoms with Crippen molar-refractivity contribution in [2.45, 2.75) is 37.8 Å². The third kappa shape index (κ3) is 3.70. The number of halogens is 1. The summed E-state index contributed by atoms with van der Waals surface area (Å²) >= 11 is 0. The minimum absolute atomic E-state index is 0.127. The third-order valence-corrected chi connectivity index (χ3v) is 5.60. The lowest BCUT2D eigenvalue weighted by Crippen LogP contribution is -2.42. The van der Waals surface area contributed by atoms with Crippen molar-refractivity contribution in [3.05, 3.63) is 65.0 Å². The van der Waals surface area contributed by atoms with Crippen molar-refractivity contribution < 1.29 is 23.8 Å². The van der Waals surface area contributed by atoms with Crippen LogP contribution in [0, 0.1) is 5.82 Å². The van der Waals surface area contributed by atoms with Crippen LogP contribution in [0.25, 0.3) is 0 Å². The van der Waals surface area contributed by atoms with Crippen molar-refractivity contribution in [2.75, 3.05) is 13.2 Å². The second kappa shape index (κ2) is 7.48. The highest BCUT2D eigenvalue weighted by atomic mass is 19.1. The number of amides is 3. The highest BCUT2D eigenvalue weighted by Gasteiger charge is 2.49. The Morgan fingerprint density at radius 3 is 2.66 bits per heavy atom. The normalized spacial score (nSPS) is 21.8. The Bertz CT molecular complexity index is 946. The van der Waals surface area contributed by atoms with Gasteiger partial charge in [0, 0.05) is 0 Å². The Morgan fingerprint density at radius 1 is 1.17 bits per heavy atom. The zero-order chi connectivity index (χ0) is 20.6. The molecule has 4 rings (SSSR count). The van der Waals surface area contributed by atoms with E-state index in [0.29, 0.717) is 5.75 Å². The lowest BCUT2D eigenvalue weighted by molar-refractivity contribution is -0.132. The van der Waals surface area contributed by atoms with Crippen LogP contribution in [-0.4, -0.2) is 41.2 Å². The lowest BCUT2D eigenvalue weighted by atomic mass is 9.89. The van der Waals surface area contributed by atoms with Gasteiger partial charge in [0.25, 0.3) is 5.91 Å². The number of nitrogens with zero attached hydrogens (tertiary/aromatic N) is 1. The summed E-state index contributed by atoms with van der Waals surface area (Å²) in [7, 11) is 0. The maximum Gasteiger partial charge on any atom is 0.325 e. The number of urea groups is 1. The summed E-state index contributed by atoms with van der Waals surface area (Å²) in [5, 5.41) is 13.0. The molecule has 2 atom stereocenters. The highest BCUT2D eigenvalue weighted by Crippen LogP contribution is 2.32. The first-order valence-electron chi connectivity index (χ1n) is 9.69. The molecule has 1 heterocycles. The summed E-state index contributed by atoms with van der Waals surface area (Å²) in [4.78, 5) is 26.5. The number of carbonyl (C=O) groups excluding carboxylic acids is 2. The molecule has 2 aliphatic rings. The maximum absolute atomic E-state index is 13.0. The highest BCUT2D eigenvalue weighted by molar-refractivity contribution is 6.07. The van der Waals surface area contributed by atoms with Gasteiger partial charge in [-0.1, -0.05) is 18.2 Å². The minimum atomic E-state index is -1.16. The third-order valence-electron chi connectivity index (χ3n) is 5.60. The van der Waals surface area contributed by atoms with Crippen LogP contribution >= 0.6 is 0 Å². The van der Waals surface area contributed by atoms with Crippen molar-refractivity contribution in [1.82, 2.24) is 10.2 Å². The molecule has 2 aromatic rings. The molecule has 1 aliphatic heterocycles. The van der Waals surface area contributed by atoms with Gasteiger partial charge in [-0.3, -0.25) is 9.69 Å². The van der Waals surface area contributed by atoms with E-state index in [9.17, 15) is 19.1 Å². The molecule has 2 unspecified atom stereocenters. The van der Waals surface area contributed by atoms with Crippen molar-refractivity contribution in [3.8, 4) is 5.75 Å². The first-order valence-corrected chi connectivity index (χ1v) is 9.69. The fourth-order valence-corrected chi connectivity index (χ4v) is 3.93. The van der Waals surface area contributed by atoms with Crippen molar-refractivity contribution in [1.29, 1.82) is 0 Å². The van der Waals surface area contributed by atoms with Gasteiger partial charge >= 0.3 is 6.03 Å². The van der Waals surface area contributed by atoms with Gasteiger partial charge in [-0.15, -0.1) is 0 Å². The molecule has 0 aromatic heterocycles. The van der Waals surface area contributed by atoms with E-state index in [0.717, 1.165) is 29.7 Å². The second-order valence-corrected chi connectivity index (χ2v) is 7.73. The van der Waals surface area contributed by atoms with Gasteiger partial charge in [0.1, 0.15) is 29.8 Å². The summed E-state index contributed by atoms with van der Waals surface area (Å²) in [5.74, 6) is -0.394. The molecule has 0 spiro atoms. The van der Waals surface area contributed by atoms with Gasteiger partial charge in [0.15, 0.2) is 0 Å². The first kappa shape index (κ1) is 19.4. The number of hydrogen-bond donors (Lipinski definition) is 2. The second-order valence-electron chi connectivity index (χ2n) is 7.73. The van der Waals surface area contributed by atoms with Crippen molar-refractivity contribution in [2.24, 2.45) is 0 Å². The number of carbonyl (C=O) groups is 2. The number of nitrogens with one attached hydrogen (secondary N) is 1. The number of imide groups is 1. The van der Waals surface area contributed by atoms with Crippen LogP contribution in [-0.2, 0) is 23.2 Å². The molecule has 1 aliphatic carbocycles. The molecule has 0 bridgehead atoms. The molecular weight excluding hydrogens is 375 g/mol. The Morgan fingerprint density at radius 2 is 1.90 bits per heavy atom. The molecule has 1 fully saturated rings. The van der Waals surface area contributed by atoms with Crippen LogP contribution in [0.15, 0.2) is 42.5 Å². The Kier molecular flexibility index (Phi) is 5.00. The quantitative estimate of drug-likeness (QED) is 0.733. The number of rotatable bonds is 6. The number of ether oxygens (including phenoxy) is 1. The van der Waals surface area contributed by atoms with E-state index >= 15 is 0 Å². The molecule has 7 heteroatoms. The topological polar surface area (TPSA) is 78.9 Å². The molecule has 1 saturated heterocycles. The molecule has 29 heavy (non-hydrogen) atoms. The van der Waals surface area contributed by atoms with Crippen LogP contribution in [0.2, 0.25) is 0 Å². The number of β-amino-alcohol motifs (C(OH)–C–C–N with tert-alkyl or cyclic N) is 1. The Labute approximate surface area is 168 Å². The van der Waals surface area contributed by atoms with Crippen molar-refractivity contribution >= 4 is 11.9 Å². The number of aryl methyl sites for hydroxylation is 2. The molecule has 0 radical (unpaired) electrons. The summed E-state index contributed by atoms with van der Waals surface area (Å²) in [6, 6.07) is 10.8. The van der Waals surface area contributed by atoms with Crippen LogP contribution in [0.3, 0.4) is 0 Å². The van der Waals surface area contributed by atoms with Crippen LogP contribution in [0.5, 0.6) is 5.75 Å². The first-order chi connectivity index (χ1) is 13.9.